The van der Waals surface area contributed by atoms with Crippen molar-refractivity contribution >= 4 is 5.91 Å². The maximum absolute atomic E-state index is 11.8. The second-order valence-electron chi connectivity index (χ2n) is 4.77. The second-order valence-corrected chi connectivity index (χ2v) is 4.77. The molecule has 0 atom stereocenters. The minimum absolute atomic E-state index is 0.00995. The lowest BCUT2D eigenvalue weighted by atomic mass is 10.1. The molecule has 1 amide bonds. The Morgan fingerprint density at radius 2 is 2.14 bits per heavy atom. The number of hydrogen-bond acceptors (Lipinski definition) is 4. The molecule has 22 heavy (non-hydrogen) atoms. The van der Waals surface area contributed by atoms with Gasteiger partial charge in [0.2, 0.25) is 5.91 Å². The van der Waals surface area contributed by atoms with E-state index in [1.807, 2.05) is 31.2 Å². The zero-order valence-corrected chi connectivity index (χ0v) is 12.9. The van der Waals surface area contributed by atoms with Crippen LogP contribution in [0.3, 0.4) is 0 Å². The van der Waals surface area contributed by atoms with Crippen molar-refractivity contribution in [2.45, 2.75) is 26.3 Å². The topological polar surface area (TPSA) is 60.7 Å². The molecule has 0 fully saturated rings. The largest absolute Gasteiger partial charge is 0.493 e. The van der Waals surface area contributed by atoms with Crippen LogP contribution in [0.5, 0.6) is 11.5 Å². The van der Waals surface area contributed by atoms with Crippen LogP contribution in [-0.4, -0.2) is 19.6 Å². The Morgan fingerprint density at radius 1 is 1.27 bits per heavy atom. The van der Waals surface area contributed by atoms with Crippen molar-refractivity contribution in [1.82, 2.24) is 5.32 Å². The van der Waals surface area contributed by atoms with Gasteiger partial charge in [-0.2, -0.15) is 0 Å². The van der Waals surface area contributed by atoms with E-state index >= 15 is 0 Å². The molecular formula is C17H21NO4. The van der Waals surface area contributed by atoms with Crippen molar-refractivity contribution in [2.75, 3.05) is 13.7 Å². The Kier molecular flexibility index (Phi) is 5.89. The van der Waals surface area contributed by atoms with Crippen molar-refractivity contribution in [3.63, 3.8) is 0 Å². The number of furan rings is 1. The minimum Gasteiger partial charge on any atom is -0.493 e. The average molecular weight is 303 g/mol. The van der Waals surface area contributed by atoms with Crippen molar-refractivity contribution in [2.24, 2.45) is 0 Å². The van der Waals surface area contributed by atoms with Gasteiger partial charge in [-0.1, -0.05) is 6.07 Å². The first-order valence-electron chi connectivity index (χ1n) is 7.31. The highest BCUT2D eigenvalue weighted by Gasteiger charge is 2.08. The summed E-state index contributed by atoms with van der Waals surface area (Å²) in [5, 5.41) is 2.83. The van der Waals surface area contributed by atoms with Gasteiger partial charge in [-0.3, -0.25) is 4.79 Å². The lowest BCUT2D eigenvalue weighted by Gasteiger charge is -2.11. The van der Waals surface area contributed by atoms with Crippen molar-refractivity contribution < 1.29 is 18.7 Å². The number of benzene rings is 1. The van der Waals surface area contributed by atoms with Crippen LogP contribution in [0.15, 0.2) is 41.0 Å². The molecule has 0 aliphatic rings. The van der Waals surface area contributed by atoms with Crippen LogP contribution in [0.25, 0.3) is 0 Å². The molecule has 0 saturated heterocycles. The summed E-state index contributed by atoms with van der Waals surface area (Å²) in [6.07, 6.45) is 2.65. The molecule has 118 valence electrons. The Balaban J connectivity index is 1.84. The van der Waals surface area contributed by atoms with Gasteiger partial charge in [0.15, 0.2) is 11.5 Å². The standard InChI is InChI=1S/C17H21NO4/c1-3-21-15-8-6-13(11-16(15)20-2)7-9-17(19)18-12-14-5-4-10-22-14/h4-6,8,10-11H,3,7,9,12H2,1-2H3,(H,18,19). The number of methoxy groups -OCH3 is 1. The lowest BCUT2D eigenvalue weighted by molar-refractivity contribution is -0.121. The quantitative estimate of drug-likeness (QED) is 0.814. The summed E-state index contributed by atoms with van der Waals surface area (Å²) in [5.74, 6) is 2.15. The van der Waals surface area contributed by atoms with Gasteiger partial charge >= 0.3 is 0 Å². The zero-order valence-electron chi connectivity index (χ0n) is 12.9. The van der Waals surface area contributed by atoms with Gasteiger partial charge in [0, 0.05) is 6.42 Å². The first-order valence-corrected chi connectivity index (χ1v) is 7.31. The van der Waals surface area contributed by atoms with Gasteiger partial charge in [-0.25, -0.2) is 0 Å². The normalized spacial score (nSPS) is 10.3. The maximum Gasteiger partial charge on any atom is 0.220 e. The number of hydrogen-bond donors (Lipinski definition) is 1. The predicted octanol–water partition coefficient (Wildman–Crippen LogP) is 2.94. The van der Waals surface area contributed by atoms with Gasteiger partial charge < -0.3 is 19.2 Å². The van der Waals surface area contributed by atoms with Crippen molar-refractivity contribution in [3.05, 3.63) is 47.9 Å². The Labute approximate surface area is 130 Å². The molecule has 2 aromatic rings. The monoisotopic (exact) mass is 303 g/mol. The molecule has 5 nitrogen and oxygen atoms in total. The molecule has 0 bridgehead atoms. The first kappa shape index (κ1) is 15.9. The van der Waals surface area contributed by atoms with Gasteiger partial charge in [0.05, 0.1) is 26.5 Å². The fraction of sp³-hybridized carbons (Fsp3) is 0.353. The number of rotatable bonds is 8. The second kappa shape index (κ2) is 8.12. The summed E-state index contributed by atoms with van der Waals surface area (Å²) in [6.45, 7) is 2.93. The van der Waals surface area contributed by atoms with E-state index in [9.17, 15) is 4.79 Å². The number of amides is 1. The molecule has 5 heteroatoms. The SMILES string of the molecule is CCOc1ccc(CCC(=O)NCc2ccco2)cc1OC. The van der Waals surface area contributed by atoms with E-state index in [0.29, 0.717) is 31.7 Å². The zero-order chi connectivity index (χ0) is 15.8. The van der Waals surface area contributed by atoms with E-state index in [2.05, 4.69) is 5.32 Å². The van der Waals surface area contributed by atoms with Crippen LogP contribution >= 0.6 is 0 Å². The van der Waals surface area contributed by atoms with E-state index in [0.717, 1.165) is 17.1 Å². The average Bonchev–Trinajstić information content (AvgIpc) is 3.05. The predicted molar refractivity (Wildman–Crippen MR) is 83.0 cm³/mol. The molecule has 0 spiro atoms. The Hall–Kier alpha value is -2.43. The number of aryl methyl sites for hydroxylation is 1. The number of carbonyl (C=O) groups is 1. The maximum atomic E-state index is 11.8. The van der Waals surface area contributed by atoms with E-state index in [1.54, 1.807) is 19.4 Å². The van der Waals surface area contributed by atoms with Crippen molar-refractivity contribution in [1.29, 1.82) is 0 Å². The van der Waals surface area contributed by atoms with E-state index in [4.69, 9.17) is 13.9 Å². The molecule has 0 aliphatic heterocycles. The summed E-state index contributed by atoms with van der Waals surface area (Å²) in [5.41, 5.74) is 1.04. The molecule has 0 radical (unpaired) electrons. The van der Waals surface area contributed by atoms with E-state index in [-0.39, 0.29) is 5.91 Å². The van der Waals surface area contributed by atoms with E-state index in [1.165, 1.54) is 0 Å². The molecule has 1 heterocycles. The fourth-order valence-corrected chi connectivity index (χ4v) is 2.09. The highest BCUT2D eigenvalue weighted by Crippen LogP contribution is 2.28. The fourth-order valence-electron chi connectivity index (χ4n) is 2.09. The number of carbonyl (C=O) groups excluding carboxylic acids is 1. The summed E-state index contributed by atoms with van der Waals surface area (Å²) >= 11 is 0. The third-order valence-corrected chi connectivity index (χ3v) is 3.21. The third-order valence-electron chi connectivity index (χ3n) is 3.21. The lowest BCUT2D eigenvalue weighted by Crippen LogP contribution is -2.22. The molecule has 0 aliphatic carbocycles. The molecule has 1 aromatic carbocycles. The highest BCUT2D eigenvalue weighted by molar-refractivity contribution is 5.76. The Morgan fingerprint density at radius 3 is 2.82 bits per heavy atom. The summed E-state index contributed by atoms with van der Waals surface area (Å²) < 4.78 is 15.9. The molecular weight excluding hydrogens is 282 g/mol. The molecule has 0 saturated carbocycles. The van der Waals surface area contributed by atoms with Gasteiger partial charge in [0.1, 0.15) is 5.76 Å². The molecule has 1 N–H and O–H groups in total. The van der Waals surface area contributed by atoms with Gasteiger partial charge in [-0.15, -0.1) is 0 Å². The first-order chi connectivity index (χ1) is 10.7. The molecule has 1 aromatic heterocycles. The number of nitrogens with one attached hydrogen (secondary N) is 1. The smallest absolute Gasteiger partial charge is 0.220 e. The van der Waals surface area contributed by atoms with Crippen LogP contribution in [0.4, 0.5) is 0 Å². The number of ether oxygens (including phenoxy) is 2. The van der Waals surface area contributed by atoms with Crippen molar-refractivity contribution in [3.8, 4) is 11.5 Å². The van der Waals surface area contributed by atoms with Crippen LogP contribution in [0.2, 0.25) is 0 Å². The van der Waals surface area contributed by atoms with Crippen LogP contribution in [0.1, 0.15) is 24.7 Å². The van der Waals surface area contributed by atoms with Crippen LogP contribution in [-0.2, 0) is 17.8 Å². The minimum atomic E-state index is -0.00995. The van der Waals surface area contributed by atoms with Gasteiger partial charge in [-0.05, 0) is 43.2 Å². The molecule has 0 unspecified atom stereocenters. The molecule has 2 rings (SSSR count). The van der Waals surface area contributed by atoms with E-state index < -0.39 is 0 Å². The van der Waals surface area contributed by atoms with Gasteiger partial charge in [0.25, 0.3) is 0 Å². The summed E-state index contributed by atoms with van der Waals surface area (Å²) in [6, 6.07) is 9.36. The third kappa shape index (κ3) is 4.55. The summed E-state index contributed by atoms with van der Waals surface area (Å²) in [4.78, 5) is 11.8. The van der Waals surface area contributed by atoms with Crippen LogP contribution in [0, 0.1) is 0 Å². The van der Waals surface area contributed by atoms with Crippen LogP contribution < -0.4 is 14.8 Å². The summed E-state index contributed by atoms with van der Waals surface area (Å²) in [7, 11) is 1.61. The Bertz CT molecular complexity index is 593. The highest BCUT2D eigenvalue weighted by atomic mass is 16.5.